The van der Waals surface area contributed by atoms with Crippen LogP contribution in [0.5, 0.6) is 0 Å². The van der Waals surface area contributed by atoms with Crippen LogP contribution in [-0.4, -0.2) is 109 Å². The monoisotopic (exact) mass is 826 g/mol. The molecule has 3 rings (SSSR count). The molecular weight excluding hydrogens is 761 g/mol. The summed E-state index contributed by atoms with van der Waals surface area (Å²) in [4.78, 5) is 77.1. The highest BCUT2D eigenvalue weighted by molar-refractivity contribution is 7.09. The quantitative estimate of drug-likeness (QED) is 0.0590. The van der Waals surface area contributed by atoms with Crippen LogP contribution in [0.4, 0.5) is 0 Å². The molecule has 16 heteroatoms. The number of aromatic nitrogens is 1. The molecule has 0 radical (unpaired) electrons. The van der Waals surface area contributed by atoms with Gasteiger partial charge in [-0.2, -0.15) is 0 Å². The van der Waals surface area contributed by atoms with Crippen molar-refractivity contribution in [3.8, 4) is 0 Å². The predicted molar refractivity (Wildman–Crippen MR) is 226 cm³/mol. The van der Waals surface area contributed by atoms with Crippen molar-refractivity contribution >= 4 is 46.8 Å². The lowest BCUT2D eigenvalue weighted by molar-refractivity contribution is -0.145. The molecule has 7 N–H and O–H groups in total. The molecule has 322 valence electrons. The maximum Gasteiger partial charge on any atom is 0.328 e. The summed E-state index contributed by atoms with van der Waals surface area (Å²) in [5.74, 6) is -2.56. The molecule has 1 aliphatic heterocycles. The SMILES string of the molecule is COC(=O)[C@H](Cc1nccs1)NC(=O)[C@@H](NC(=O)C[C@H](NC(=NCCO)[C@@H](NC(=O)[C@@H](NC(=O)[C@H]1NCC[C@@H]1C)C(C)C)C(C)(C)C)C(C)C)[C@@H](C)c1ccccc1. The summed E-state index contributed by atoms with van der Waals surface area (Å²) in [6.45, 7) is 17.8. The van der Waals surface area contributed by atoms with Crippen LogP contribution in [0.2, 0.25) is 0 Å². The van der Waals surface area contributed by atoms with Crippen LogP contribution in [0.1, 0.15) is 91.6 Å². The van der Waals surface area contributed by atoms with Crippen LogP contribution in [0.3, 0.4) is 0 Å². The number of nitrogens with one attached hydrogen (secondary N) is 6. The fraction of sp³-hybridized carbons (Fsp3) is 0.643. The average molecular weight is 827 g/mol. The summed E-state index contributed by atoms with van der Waals surface area (Å²) < 4.78 is 5.00. The zero-order valence-electron chi connectivity index (χ0n) is 35.8. The molecule has 1 saturated heterocycles. The highest BCUT2D eigenvalue weighted by Crippen LogP contribution is 2.24. The summed E-state index contributed by atoms with van der Waals surface area (Å²) in [7, 11) is 1.25. The van der Waals surface area contributed by atoms with Crippen molar-refractivity contribution in [1.82, 2.24) is 36.9 Å². The third-order valence-corrected chi connectivity index (χ3v) is 11.3. The third kappa shape index (κ3) is 14.2. The lowest BCUT2D eigenvalue weighted by Crippen LogP contribution is -2.61. The van der Waals surface area contributed by atoms with Gasteiger partial charge in [0.2, 0.25) is 23.6 Å². The molecule has 2 heterocycles. The van der Waals surface area contributed by atoms with Crippen molar-refractivity contribution in [3.63, 3.8) is 0 Å². The van der Waals surface area contributed by atoms with Crippen LogP contribution in [-0.2, 0) is 35.1 Å². The molecule has 0 bridgehead atoms. The lowest BCUT2D eigenvalue weighted by atomic mass is 9.84. The molecule has 4 amide bonds. The minimum atomic E-state index is -1.07. The van der Waals surface area contributed by atoms with E-state index in [2.05, 4.69) is 41.9 Å². The van der Waals surface area contributed by atoms with E-state index in [9.17, 15) is 29.1 Å². The van der Waals surface area contributed by atoms with Gasteiger partial charge >= 0.3 is 5.97 Å². The standard InChI is InChI=1S/C42H66N8O7S/c1-24(2)29(46-37(45-18-20-51)36(42(7,8)9)50-38(53)33(25(3)4)49-39(54)34-26(5)16-17-44-34)22-31(52)48-35(27(6)28-14-12-11-13-15-28)40(55)47-30(41(56)57-10)23-32-43-19-21-58-32/h11-15,19,21,24-27,29-30,33-36,44,51H,16-18,20,22-23H2,1-10H3,(H,45,46)(H,47,55)(H,48,52)(H,49,54)(H,50,53)/t26-,27-,29-,30-,33-,34-,35-,36+/m0/s1. The van der Waals surface area contributed by atoms with Gasteiger partial charge in [-0.15, -0.1) is 11.3 Å². The minimum Gasteiger partial charge on any atom is -0.467 e. The van der Waals surface area contributed by atoms with E-state index in [1.54, 1.807) is 11.6 Å². The van der Waals surface area contributed by atoms with Crippen molar-refractivity contribution in [2.45, 2.75) is 124 Å². The van der Waals surface area contributed by atoms with Gasteiger partial charge in [0.05, 0.1) is 37.4 Å². The van der Waals surface area contributed by atoms with Crippen molar-refractivity contribution < 1.29 is 33.8 Å². The number of hydrogen-bond donors (Lipinski definition) is 7. The summed E-state index contributed by atoms with van der Waals surface area (Å²) in [5.41, 5.74) is 0.208. The first-order chi connectivity index (χ1) is 27.4. The molecule has 1 aromatic heterocycles. The molecule has 1 aromatic carbocycles. The number of thiazole rings is 1. The highest BCUT2D eigenvalue weighted by Gasteiger charge is 2.38. The Bertz CT molecular complexity index is 1660. The number of methoxy groups -OCH3 is 1. The predicted octanol–water partition coefficient (Wildman–Crippen LogP) is 2.70. The Morgan fingerprint density at radius 3 is 2.16 bits per heavy atom. The number of nitrogens with zero attached hydrogens (tertiary/aromatic N) is 2. The molecule has 8 atom stereocenters. The van der Waals surface area contributed by atoms with E-state index < -0.39 is 59.3 Å². The van der Waals surface area contributed by atoms with Gasteiger partial charge in [0.15, 0.2) is 0 Å². The first-order valence-electron chi connectivity index (χ1n) is 20.2. The first kappa shape index (κ1) is 48.0. The van der Waals surface area contributed by atoms with Crippen LogP contribution in [0.25, 0.3) is 0 Å². The van der Waals surface area contributed by atoms with Gasteiger partial charge in [-0.25, -0.2) is 9.78 Å². The largest absolute Gasteiger partial charge is 0.467 e. The highest BCUT2D eigenvalue weighted by atomic mass is 32.1. The number of amides is 4. The van der Waals surface area contributed by atoms with Gasteiger partial charge in [-0.1, -0.05) is 92.6 Å². The Balaban J connectivity index is 1.87. The van der Waals surface area contributed by atoms with Gasteiger partial charge in [-0.05, 0) is 41.7 Å². The maximum atomic E-state index is 14.1. The van der Waals surface area contributed by atoms with E-state index in [1.165, 1.54) is 18.4 Å². The first-order valence-corrected chi connectivity index (χ1v) is 21.1. The number of hydrogen-bond acceptors (Lipinski definition) is 11. The number of carbonyl (C=O) groups is 5. The zero-order chi connectivity index (χ0) is 43.2. The molecular formula is C42H66N8O7S. The Kier molecular flexibility index (Phi) is 18.7. The second kappa shape index (κ2) is 22.7. The molecule has 2 aromatic rings. The number of esters is 1. The van der Waals surface area contributed by atoms with Gasteiger partial charge < -0.3 is 41.7 Å². The minimum absolute atomic E-state index is 0.0383. The maximum absolute atomic E-state index is 14.1. The Morgan fingerprint density at radius 2 is 1.62 bits per heavy atom. The van der Waals surface area contributed by atoms with E-state index in [0.717, 1.165) is 18.5 Å². The number of ether oxygens (including phenoxy) is 1. The molecule has 1 fully saturated rings. The van der Waals surface area contributed by atoms with E-state index in [0.29, 0.717) is 10.8 Å². The number of aliphatic hydroxyl groups excluding tert-OH is 1. The number of rotatable bonds is 20. The second-order valence-electron chi connectivity index (χ2n) is 16.9. The second-order valence-corrected chi connectivity index (χ2v) is 17.9. The zero-order valence-corrected chi connectivity index (χ0v) is 36.6. The Labute approximate surface area is 347 Å². The van der Waals surface area contributed by atoms with E-state index >= 15 is 0 Å². The molecule has 0 unspecified atom stereocenters. The summed E-state index contributed by atoms with van der Waals surface area (Å²) in [6.07, 6.45) is 2.53. The van der Waals surface area contributed by atoms with Crippen molar-refractivity contribution in [2.24, 2.45) is 28.2 Å². The van der Waals surface area contributed by atoms with E-state index in [-0.39, 0.29) is 61.6 Å². The Morgan fingerprint density at radius 1 is 0.948 bits per heavy atom. The van der Waals surface area contributed by atoms with Gasteiger partial charge in [0, 0.05) is 36.4 Å². The molecule has 15 nitrogen and oxygen atoms in total. The number of benzene rings is 1. The van der Waals surface area contributed by atoms with Crippen LogP contribution < -0.4 is 31.9 Å². The average Bonchev–Trinajstić information content (AvgIpc) is 3.86. The van der Waals surface area contributed by atoms with Crippen molar-refractivity contribution in [3.05, 3.63) is 52.5 Å². The van der Waals surface area contributed by atoms with Gasteiger partial charge in [0.25, 0.3) is 0 Å². The lowest BCUT2D eigenvalue weighted by Gasteiger charge is -2.37. The number of carbonyl (C=O) groups excluding carboxylic acids is 5. The van der Waals surface area contributed by atoms with Gasteiger partial charge in [0.1, 0.15) is 24.0 Å². The smallest absolute Gasteiger partial charge is 0.328 e. The van der Waals surface area contributed by atoms with Crippen molar-refractivity contribution in [1.29, 1.82) is 0 Å². The molecule has 58 heavy (non-hydrogen) atoms. The number of aliphatic imine (C=N–C) groups is 1. The topological polar surface area (TPSA) is 212 Å². The van der Waals surface area contributed by atoms with E-state index in [4.69, 9.17) is 4.74 Å². The Hall–Kier alpha value is -4.41. The summed E-state index contributed by atoms with van der Waals surface area (Å²) >= 11 is 1.35. The molecule has 0 aliphatic carbocycles. The van der Waals surface area contributed by atoms with Crippen LogP contribution in [0, 0.1) is 23.2 Å². The summed E-state index contributed by atoms with van der Waals surface area (Å²) in [6, 6.07) is 4.76. The summed E-state index contributed by atoms with van der Waals surface area (Å²) in [5, 5.41) is 30.8. The van der Waals surface area contributed by atoms with Crippen LogP contribution in [0.15, 0.2) is 46.9 Å². The third-order valence-electron chi connectivity index (χ3n) is 10.5. The van der Waals surface area contributed by atoms with Crippen molar-refractivity contribution in [2.75, 3.05) is 26.8 Å². The fourth-order valence-electron chi connectivity index (χ4n) is 6.85. The van der Waals surface area contributed by atoms with Crippen LogP contribution >= 0.6 is 11.3 Å². The molecule has 0 spiro atoms. The van der Waals surface area contributed by atoms with Gasteiger partial charge in [-0.3, -0.25) is 24.2 Å². The molecule has 1 aliphatic rings. The number of amidine groups is 1. The number of aliphatic hydroxyl groups is 1. The molecule has 0 saturated carbocycles. The van der Waals surface area contributed by atoms with E-state index in [1.807, 2.05) is 92.6 Å². The normalized spacial score (nSPS) is 19.0. The fourth-order valence-corrected chi connectivity index (χ4v) is 7.51.